The fraction of sp³-hybridized carbons (Fsp3) is 0.636. The van der Waals surface area contributed by atoms with Crippen LogP contribution in [0.15, 0.2) is 23.2 Å². The molecular formula is C22H34N4O2. The van der Waals surface area contributed by atoms with Crippen LogP contribution in [0, 0.1) is 0 Å². The summed E-state index contributed by atoms with van der Waals surface area (Å²) in [7, 11) is 0. The maximum atomic E-state index is 12.0. The Morgan fingerprint density at radius 2 is 2.18 bits per heavy atom. The average molecular weight is 387 g/mol. The Bertz CT molecular complexity index is 689. The molecule has 0 aliphatic carbocycles. The lowest BCUT2D eigenvalue weighted by molar-refractivity contribution is -0.129. The molecular weight excluding hydrogens is 352 g/mol. The summed E-state index contributed by atoms with van der Waals surface area (Å²) in [4.78, 5) is 18.8. The zero-order chi connectivity index (χ0) is 19.8. The van der Waals surface area contributed by atoms with E-state index in [0.717, 1.165) is 76.6 Å². The van der Waals surface area contributed by atoms with Gasteiger partial charge in [0, 0.05) is 45.1 Å². The van der Waals surface area contributed by atoms with Crippen LogP contribution < -0.4 is 15.4 Å². The number of fused-ring (bicyclic) bond motifs is 1. The monoisotopic (exact) mass is 386 g/mol. The molecule has 1 saturated heterocycles. The smallest absolute Gasteiger partial charge is 0.222 e. The molecule has 154 valence electrons. The van der Waals surface area contributed by atoms with Crippen LogP contribution in [0.2, 0.25) is 0 Å². The summed E-state index contributed by atoms with van der Waals surface area (Å²) in [6.07, 6.45) is 5.59. The quantitative estimate of drug-likeness (QED) is 0.506. The van der Waals surface area contributed by atoms with E-state index in [-0.39, 0.29) is 0 Å². The number of rotatable bonds is 9. The number of aliphatic imine (C=N–C) groups is 1. The van der Waals surface area contributed by atoms with Gasteiger partial charge in [-0.25, -0.2) is 0 Å². The Morgan fingerprint density at radius 3 is 2.93 bits per heavy atom. The van der Waals surface area contributed by atoms with Crippen LogP contribution in [0.3, 0.4) is 0 Å². The van der Waals surface area contributed by atoms with Gasteiger partial charge in [0.25, 0.3) is 0 Å². The van der Waals surface area contributed by atoms with Crippen LogP contribution in [0.5, 0.6) is 5.75 Å². The third-order valence-corrected chi connectivity index (χ3v) is 5.56. The molecule has 6 heteroatoms. The highest BCUT2D eigenvalue weighted by atomic mass is 16.5. The van der Waals surface area contributed by atoms with E-state index in [1.807, 2.05) is 4.90 Å². The van der Waals surface area contributed by atoms with Crippen molar-refractivity contribution >= 4 is 11.9 Å². The Morgan fingerprint density at radius 1 is 1.29 bits per heavy atom. The SMILES string of the molecule is CCNC(=NCCC(CC)N1CCCC1=O)NCCc1ccc2c(c1)CCO2. The number of nitrogens with zero attached hydrogens (tertiary/aromatic N) is 2. The van der Waals surface area contributed by atoms with Gasteiger partial charge in [-0.1, -0.05) is 19.1 Å². The first-order valence-corrected chi connectivity index (χ1v) is 10.8. The predicted octanol–water partition coefficient (Wildman–Crippen LogP) is 2.51. The standard InChI is InChI=1S/C22H34N4O2/c1-3-19(26-14-5-6-21(26)27)10-13-25-22(23-4-2)24-12-9-17-7-8-20-18(16-17)11-15-28-20/h7-8,16,19H,3-6,9-15H2,1-2H3,(H2,23,24,25). The second-order valence-electron chi connectivity index (χ2n) is 7.52. The molecule has 2 heterocycles. The molecule has 28 heavy (non-hydrogen) atoms. The van der Waals surface area contributed by atoms with E-state index in [1.54, 1.807) is 0 Å². The lowest BCUT2D eigenvalue weighted by atomic mass is 10.1. The van der Waals surface area contributed by atoms with E-state index in [4.69, 9.17) is 9.73 Å². The Labute approximate surface area is 168 Å². The summed E-state index contributed by atoms with van der Waals surface area (Å²) in [6.45, 7) is 8.35. The van der Waals surface area contributed by atoms with E-state index in [2.05, 4.69) is 42.7 Å². The Kier molecular flexibility index (Phi) is 7.57. The van der Waals surface area contributed by atoms with E-state index in [0.29, 0.717) is 18.4 Å². The lowest BCUT2D eigenvalue weighted by Gasteiger charge is -2.26. The Hall–Kier alpha value is -2.24. The molecule has 2 N–H and O–H groups in total. The summed E-state index contributed by atoms with van der Waals surface area (Å²) >= 11 is 0. The van der Waals surface area contributed by atoms with Gasteiger partial charge in [0.05, 0.1) is 6.61 Å². The first-order chi connectivity index (χ1) is 13.7. The maximum absolute atomic E-state index is 12.0. The van der Waals surface area contributed by atoms with Crippen LogP contribution in [0.1, 0.15) is 50.7 Å². The van der Waals surface area contributed by atoms with Crippen molar-refractivity contribution in [2.24, 2.45) is 4.99 Å². The summed E-state index contributed by atoms with van der Waals surface area (Å²) < 4.78 is 5.58. The zero-order valence-electron chi connectivity index (χ0n) is 17.3. The summed E-state index contributed by atoms with van der Waals surface area (Å²) in [6, 6.07) is 6.80. The molecule has 0 bridgehead atoms. The van der Waals surface area contributed by atoms with Crippen LogP contribution in [0.4, 0.5) is 0 Å². The highest BCUT2D eigenvalue weighted by Crippen LogP contribution is 2.25. The molecule has 0 aromatic heterocycles. The van der Waals surface area contributed by atoms with Crippen molar-refractivity contribution in [1.29, 1.82) is 0 Å². The van der Waals surface area contributed by atoms with Crippen LogP contribution in [-0.2, 0) is 17.6 Å². The van der Waals surface area contributed by atoms with Gasteiger partial charge in [-0.3, -0.25) is 9.79 Å². The van der Waals surface area contributed by atoms with Gasteiger partial charge in [-0.2, -0.15) is 0 Å². The van der Waals surface area contributed by atoms with Crippen LogP contribution >= 0.6 is 0 Å². The summed E-state index contributed by atoms with van der Waals surface area (Å²) in [5.74, 6) is 2.20. The first kappa shape index (κ1) is 20.5. The average Bonchev–Trinajstić information content (AvgIpc) is 3.33. The number of carbonyl (C=O) groups excluding carboxylic acids is 1. The zero-order valence-corrected chi connectivity index (χ0v) is 17.3. The number of nitrogens with one attached hydrogen (secondary N) is 2. The number of likely N-dealkylation sites (tertiary alicyclic amines) is 1. The fourth-order valence-electron chi connectivity index (χ4n) is 4.02. The van der Waals surface area contributed by atoms with E-state index in [9.17, 15) is 4.79 Å². The van der Waals surface area contributed by atoms with Gasteiger partial charge in [-0.15, -0.1) is 0 Å². The molecule has 1 fully saturated rings. The van der Waals surface area contributed by atoms with Crippen molar-refractivity contribution in [3.05, 3.63) is 29.3 Å². The van der Waals surface area contributed by atoms with Crippen molar-refractivity contribution in [2.75, 3.05) is 32.8 Å². The number of ether oxygens (including phenoxy) is 1. The third kappa shape index (κ3) is 5.40. The van der Waals surface area contributed by atoms with Crippen molar-refractivity contribution in [2.45, 2.75) is 58.4 Å². The number of amides is 1. The molecule has 0 saturated carbocycles. The minimum atomic E-state index is 0.306. The van der Waals surface area contributed by atoms with E-state index < -0.39 is 0 Å². The van der Waals surface area contributed by atoms with Gasteiger partial charge in [0.15, 0.2) is 5.96 Å². The molecule has 3 rings (SSSR count). The highest BCUT2D eigenvalue weighted by Gasteiger charge is 2.26. The van der Waals surface area contributed by atoms with Crippen molar-refractivity contribution in [3.8, 4) is 5.75 Å². The molecule has 1 unspecified atom stereocenters. The summed E-state index contributed by atoms with van der Waals surface area (Å²) in [5, 5.41) is 6.75. The number of hydrogen-bond acceptors (Lipinski definition) is 3. The Balaban J connectivity index is 1.46. The second kappa shape index (κ2) is 10.3. The van der Waals surface area contributed by atoms with Crippen molar-refractivity contribution < 1.29 is 9.53 Å². The molecule has 2 aliphatic heterocycles. The normalized spacial score (nSPS) is 17.4. The van der Waals surface area contributed by atoms with Gasteiger partial charge in [-0.05, 0) is 49.8 Å². The molecule has 0 radical (unpaired) electrons. The molecule has 0 spiro atoms. The molecule has 2 aliphatic rings. The fourth-order valence-corrected chi connectivity index (χ4v) is 4.02. The number of hydrogen-bond donors (Lipinski definition) is 2. The number of guanidine groups is 1. The van der Waals surface area contributed by atoms with Gasteiger partial charge in [0.2, 0.25) is 5.91 Å². The topological polar surface area (TPSA) is 66.0 Å². The molecule has 6 nitrogen and oxygen atoms in total. The number of carbonyl (C=O) groups is 1. The summed E-state index contributed by atoms with van der Waals surface area (Å²) in [5.41, 5.74) is 2.64. The molecule has 1 aromatic carbocycles. The maximum Gasteiger partial charge on any atom is 0.222 e. The van der Waals surface area contributed by atoms with Crippen molar-refractivity contribution in [1.82, 2.24) is 15.5 Å². The van der Waals surface area contributed by atoms with Crippen molar-refractivity contribution in [3.63, 3.8) is 0 Å². The van der Waals surface area contributed by atoms with E-state index >= 15 is 0 Å². The van der Waals surface area contributed by atoms with Gasteiger partial charge >= 0.3 is 0 Å². The minimum absolute atomic E-state index is 0.306. The number of benzene rings is 1. The minimum Gasteiger partial charge on any atom is -0.493 e. The van der Waals surface area contributed by atoms with Gasteiger partial charge in [0.1, 0.15) is 5.75 Å². The van der Waals surface area contributed by atoms with Crippen LogP contribution in [0.25, 0.3) is 0 Å². The predicted molar refractivity (Wildman–Crippen MR) is 113 cm³/mol. The third-order valence-electron chi connectivity index (χ3n) is 5.56. The largest absolute Gasteiger partial charge is 0.493 e. The van der Waals surface area contributed by atoms with Gasteiger partial charge < -0.3 is 20.3 Å². The molecule has 1 amide bonds. The molecule has 1 atom stereocenters. The molecule has 1 aromatic rings. The first-order valence-electron chi connectivity index (χ1n) is 10.8. The van der Waals surface area contributed by atoms with Crippen LogP contribution in [-0.4, -0.2) is 55.6 Å². The lowest BCUT2D eigenvalue weighted by Crippen LogP contribution is -2.39. The second-order valence-corrected chi connectivity index (χ2v) is 7.52. The van der Waals surface area contributed by atoms with E-state index in [1.165, 1.54) is 11.1 Å². The highest BCUT2D eigenvalue weighted by molar-refractivity contribution is 5.80.